The largest absolute Gasteiger partial charge is 0.489 e. The van der Waals surface area contributed by atoms with Crippen LogP contribution in [0.2, 0.25) is 0 Å². The van der Waals surface area contributed by atoms with E-state index in [9.17, 15) is 4.79 Å². The molecule has 126 valence electrons. The van der Waals surface area contributed by atoms with Crippen LogP contribution in [-0.4, -0.2) is 13.1 Å². The summed E-state index contributed by atoms with van der Waals surface area (Å²) in [5, 5.41) is 0. The Labute approximate surface area is 143 Å². The molecule has 3 heteroatoms. The molecule has 0 aliphatic carbocycles. The minimum absolute atomic E-state index is 0.337. The maximum absolute atomic E-state index is 11.5. The van der Waals surface area contributed by atoms with Crippen LogP contribution < -0.4 is 4.74 Å². The Morgan fingerprint density at radius 3 is 2.62 bits per heavy atom. The third-order valence-corrected chi connectivity index (χ3v) is 3.67. The molecule has 0 aliphatic rings. The van der Waals surface area contributed by atoms with Crippen LogP contribution in [0.3, 0.4) is 0 Å². The summed E-state index contributed by atoms with van der Waals surface area (Å²) in [5.41, 5.74) is 2.64. The Balaban J connectivity index is 1.90. The number of benzene rings is 2. The molecule has 2 aromatic rings. The van der Waals surface area contributed by atoms with Crippen molar-refractivity contribution in [2.45, 2.75) is 32.8 Å². The smallest absolute Gasteiger partial charge is 0.337 e. The SMILES string of the molecule is CCCC/C=C/c1ccc(OCc2cccc(C(=O)OC)c2)cc1. The first-order valence-electron chi connectivity index (χ1n) is 8.29. The zero-order chi connectivity index (χ0) is 17.2. The molecule has 0 bridgehead atoms. The summed E-state index contributed by atoms with van der Waals surface area (Å²) in [5.74, 6) is 0.472. The number of carbonyl (C=O) groups is 1. The molecule has 0 amide bonds. The van der Waals surface area contributed by atoms with Gasteiger partial charge in [0.25, 0.3) is 0 Å². The van der Waals surface area contributed by atoms with Crippen LogP contribution in [0, 0.1) is 0 Å². The second kappa shape index (κ2) is 9.56. The normalized spacial score (nSPS) is 10.8. The van der Waals surface area contributed by atoms with Crippen LogP contribution >= 0.6 is 0 Å². The van der Waals surface area contributed by atoms with Crippen molar-refractivity contribution in [3.8, 4) is 5.75 Å². The number of hydrogen-bond donors (Lipinski definition) is 0. The number of rotatable bonds is 8. The van der Waals surface area contributed by atoms with Crippen molar-refractivity contribution in [3.63, 3.8) is 0 Å². The summed E-state index contributed by atoms with van der Waals surface area (Å²) in [6.07, 6.45) is 7.90. The lowest BCUT2D eigenvalue weighted by Crippen LogP contribution is -2.03. The Hall–Kier alpha value is -2.55. The Kier molecular flexibility index (Phi) is 7.09. The summed E-state index contributed by atoms with van der Waals surface area (Å²) in [7, 11) is 1.38. The number of hydrogen-bond acceptors (Lipinski definition) is 3. The van der Waals surface area contributed by atoms with Crippen molar-refractivity contribution in [2.75, 3.05) is 7.11 Å². The van der Waals surface area contributed by atoms with Gasteiger partial charge in [-0.05, 0) is 41.8 Å². The molecular formula is C21H24O3. The second-order valence-corrected chi connectivity index (χ2v) is 5.59. The molecule has 0 aliphatic heterocycles. The van der Waals surface area contributed by atoms with Crippen molar-refractivity contribution >= 4 is 12.0 Å². The average Bonchev–Trinajstić information content (AvgIpc) is 2.64. The van der Waals surface area contributed by atoms with Crippen molar-refractivity contribution in [1.29, 1.82) is 0 Å². The van der Waals surface area contributed by atoms with Gasteiger partial charge in [0.15, 0.2) is 0 Å². The van der Waals surface area contributed by atoms with E-state index < -0.39 is 0 Å². The van der Waals surface area contributed by atoms with Gasteiger partial charge in [0.2, 0.25) is 0 Å². The van der Waals surface area contributed by atoms with Gasteiger partial charge in [-0.3, -0.25) is 0 Å². The van der Waals surface area contributed by atoms with Gasteiger partial charge < -0.3 is 9.47 Å². The van der Waals surface area contributed by atoms with Crippen LogP contribution in [0.15, 0.2) is 54.6 Å². The molecule has 0 spiro atoms. The molecule has 0 saturated carbocycles. The minimum Gasteiger partial charge on any atom is -0.489 e. The number of ether oxygens (including phenoxy) is 2. The predicted molar refractivity (Wildman–Crippen MR) is 97.1 cm³/mol. The van der Waals surface area contributed by atoms with Crippen molar-refractivity contribution in [3.05, 3.63) is 71.3 Å². The Morgan fingerprint density at radius 1 is 1.12 bits per heavy atom. The molecule has 0 unspecified atom stereocenters. The van der Waals surface area contributed by atoms with E-state index >= 15 is 0 Å². The molecule has 0 N–H and O–H groups in total. The Morgan fingerprint density at radius 2 is 1.92 bits per heavy atom. The van der Waals surface area contributed by atoms with Gasteiger partial charge in [-0.25, -0.2) is 4.79 Å². The molecule has 0 saturated heterocycles. The highest BCUT2D eigenvalue weighted by atomic mass is 16.5. The number of allylic oxidation sites excluding steroid dienone is 1. The van der Waals surface area contributed by atoms with E-state index in [1.807, 2.05) is 36.4 Å². The maximum Gasteiger partial charge on any atom is 0.337 e. The summed E-state index contributed by atoms with van der Waals surface area (Å²) >= 11 is 0. The van der Waals surface area contributed by atoms with E-state index in [1.165, 1.54) is 25.5 Å². The summed E-state index contributed by atoms with van der Waals surface area (Å²) < 4.78 is 10.5. The van der Waals surface area contributed by atoms with Gasteiger partial charge in [0.05, 0.1) is 12.7 Å². The standard InChI is InChI=1S/C21H24O3/c1-3-4-5-6-8-17-11-13-20(14-12-17)24-16-18-9-7-10-19(15-18)21(22)23-2/h6-15H,3-5,16H2,1-2H3/b8-6+. The van der Waals surface area contributed by atoms with Gasteiger partial charge in [0, 0.05) is 0 Å². The molecule has 2 rings (SSSR count). The number of esters is 1. The Bertz CT molecular complexity index is 672. The van der Waals surface area contributed by atoms with Crippen molar-refractivity contribution in [1.82, 2.24) is 0 Å². The maximum atomic E-state index is 11.5. The van der Waals surface area contributed by atoms with E-state index in [0.29, 0.717) is 12.2 Å². The van der Waals surface area contributed by atoms with Gasteiger partial charge in [-0.1, -0.05) is 56.2 Å². The monoisotopic (exact) mass is 324 g/mol. The van der Waals surface area contributed by atoms with Crippen LogP contribution in [0.25, 0.3) is 6.08 Å². The van der Waals surface area contributed by atoms with E-state index in [0.717, 1.165) is 17.7 Å². The summed E-state index contributed by atoms with van der Waals surface area (Å²) in [4.78, 5) is 11.5. The fourth-order valence-electron chi connectivity index (χ4n) is 2.29. The summed E-state index contributed by atoms with van der Waals surface area (Å²) in [6, 6.07) is 15.3. The number of methoxy groups -OCH3 is 1. The number of carbonyl (C=O) groups excluding carboxylic acids is 1. The number of unbranched alkanes of at least 4 members (excludes halogenated alkanes) is 2. The molecule has 24 heavy (non-hydrogen) atoms. The van der Waals surface area contributed by atoms with Crippen LogP contribution in [0.1, 0.15) is 47.7 Å². The molecular weight excluding hydrogens is 300 g/mol. The zero-order valence-corrected chi connectivity index (χ0v) is 14.3. The van der Waals surface area contributed by atoms with Gasteiger partial charge >= 0.3 is 5.97 Å². The predicted octanol–water partition coefficient (Wildman–Crippen LogP) is 5.26. The lowest BCUT2D eigenvalue weighted by molar-refractivity contribution is 0.0600. The minimum atomic E-state index is -0.337. The third-order valence-electron chi connectivity index (χ3n) is 3.67. The van der Waals surface area contributed by atoms with Gasteiger partial charge in [-0.2, -0.15) is 0 Å². The van der Waals surface area contributed by atoms with Crippen LogP contribution in [0.5, 0.6) is 5.75 Å². The van der Waals surface area contributed by atoms with Crippen LogP contribution in [-0.2, 0) is 11.3 Å². The second-order valence-electron chi connectivity index (χ2n) is 5.59. The fraction of sp³-hybridized carbons (Fsp3) is 0.286. The quantitative estimate of drug-likeness (QED) is 0.491. The lowest BCUT2D eigenvalue weighted by atomic mass is 10.1. The molecule has 0 aromatic heterocycles. The lowest BCUT2D eigenvalue weighted by Gasteiger charge is -2.08. The molecule has 0 fully saturated rings. The van der Waals surface area contributed by atoms with Gasteiger partial charge in [0.1, 0.15) is 12.4 Å². The molecule has 2 aromatic carbocycles. The van der Waals surface area contributed by atoms with Gasteiger partial charge in [-0.15, -0.1) is 0 Å². The first-order chi connectivity index (χ1) is 11.7. The first-order valence-corrected chi connectivity index (χ1v) is 8.29. The molecule has 0 heterocycles. The molecule has 0 radical (unpaired) electrons. The summed E-state index contributed by atoms with van der Waals surface area (Å²) in [6.45, 7) is 2.61. The highest BCUT2D eigenvalue weighted by Crippen LogP contribution is 2.16. The van der Waals surface area contributed by atoms with E-state index in [2.05, 4.69) is 19.1 Å². The zero-order valence-electron chi connectivity index (χ0n) is 14.3. The fourth-order valence-corrected chi connectivity index (χ4v) is 2.29. The first kappa shape index (κ1) is 17.8. The van der Waals surface area contributed by atoms with E-state index in [4.69, 9.17) is 9.47 Å². The molecule has 3 nitrogen and oxygen atoms in total. The highest BCUT2D eigenvalue weighted by Gasteiger charge is 2.05. The average molecular weight is 324 g/mol. The van der Waals surface area contributed by atoms with Crippen LogP contribution in [0.4, 0.5) is 0 Å². The van der Waals surface area contributed by atoms with Crippen molar-refractivity contribution < 1.29 is 14.3 Å². The van der Waals surface area contributed by atoms with E-state index in [1.54, 1.807) is 12.1 Å². The van der Waals surface area contributed by atoms with Crippen molar-refractivity contribution in [2.24, 2.45) is 0 Å². The van der Waals surface area contributed by atoms with E-state index in [-0.39, 0.29) is 5.97 Å². The third kappa shape index (κ3) is 5.58. The molecule has 0 atom stereocenters. The highest BCUT2D eigenvalue weighted by molar-refractivity contribution is 5.89. The topological polar surface area (TPSA) is 35.5 Å².